The highest BCUT2D eigenvalue weighted by Crippen LogP contribution is 2.32. The first-order valence-electron chi connectivity index (χ1n) is 8.00. The lowest BCUT2D eigenvalue weighted by atomic mass is 10.1. The van der Waals surface area contributed by atoms with Crippen LogP contribution < -0.4 is 10.1 Å². The van der Waals surface area contributed by atoms with Gasteiger partial charge >= 0.3 is 0 Å². The fraction of sp³-hybridized carbons (Fsp3) is 0.647. The molecule has 0 amide bonds. The molecule has 2 nitrogen and oxygen atoms in total. The van der Waals surface area contributed by atoms with Crippen LogP contribution in [0.5, 0.6) is 5.75 Å². The highest BCUT2D eigenvalue weighted by molar-refractivity contribution is 6.35. The minimum Gasteiger partial charge on any atom is -0.492 e. The first-order chi connectivity index (χ1) is 10.2. The predicted octanol–water partition coefficient (Wildman–Crippen LogP) is 5.84. The van der Waals surface area contributed by atoms with Crippen molar-refractivity contribution in [3.63, 3.8) is 0 Å². The molecule has 0 aliphatic heterocycles. The molecule has 0 bridgehead atoms. The van der Waals surface area contributed by atoms with Crippen molar-refractivity contribution in [2.45, 2.75) is 58.9 Å². The van der Waals surface area contributed by atoms with Crippen LogP contribution in [0.4, 0.5) is 0 Å². The topological polar surface area (TPSA) is 21.3 Å². The van der Waals surface area contributed by atoms with E-state index in [0.717, 1.165) is 30.8 Å². The number of ether oxygens (including phenoxy) is 1. The van der Waals surface area contributed by atoms with Crippen molar-refractivity contribution < 1.29 is 4.74 Å². The zero-order valence-electron chi connectivity index (χ0n) is 13.2. The van der Waals surface area contributed by atoms with Crippen molar-refractivity contribution in [1.82, 2.24) is 5.32 Å². The number of nitrogens with one attached hydrogen (secondary N) is 1. The lowest BCUT2D eigenvalue weighted by Gasteiger charge is -2.14. The molecule has 0 radical (unpaired) electrons. The molecule has 1 N–H and O–H groups in total. The van der Waals surface area contributed by atoms with Gasteiger partial charge in [0.2, 0.25) is 0 Å². The quantitative estimate of drug-likeness (QED) is 0.514. The van der Waals surface area contributed by atoms with Crippen LogP contribution in [0.1, 0.15) is 57.9 Å². The summed E-state index contributed by atoms with van der Waals surface area (Å²) >= 11 is 12.3. The maximum atomic E-state index is 6.26. The van der Waals surface area contributed by atoms with Gasteiger partial charge < -0.3 is 10.1 Å². The van der Waals surface area contributed by atoms with Crippen molar-refractivity contribution in [3.8, 4) is 5.75 Å². The molecule has 0 aliphatic carbocycles. The third-order valence-corrected chi connectivity index (χ3v) is 3.89. The van der Waals surface area contributed by atoms with Crippen LogP contribution >= 0.6 is 23.2 Å². The Bertz CT molecular complexity index is 410. The Labute approximate surface area is 139 Å². The molecular formula is C17H27Cl2NO. The van der Waals surface area contributed by atoms with Gasteiger partial charge in [0.1, 0.15) is 5.75 Å². The van der Waals surface area contributed by atoms with Crippen molar-refractivity contribution in [1.29, 1.82) is 0 Å². The Morgan fingerprint density at radius 1 is 1.00 bits per heavy atom. The van der Waals surface area contributed by atoms with E-state index in [4.69, 9.17) is 27.9 Å². The number of hydrogen-bond acceptors (Lipinski definition) is 2. The molecule has 120 valence electrons. The minimum atomic E-state index is 0.599. The van der Waals surface area contributed by atoms with E-state index in [9.17, 15) is 0 Å². The Morgan fingerprint density at radius 2 is 1.71 bits per heavy atom. The minimum absolute atomic E-state index is 0.599. The monoisotopic (exact) mass is 331 g/mol. The number of hydrogen-bond donors (Lipinski definition) is 1. The molecule has 4 heteroatoms. The van der Waals surface area contributed by atoms with Gasteiger partial charge in [0.05, 0.1) is 11.6 Å². The summed E-state index contributed by atoms with van der Waals surface area (Å²) in [5.74, 6) is 0.774. The molecule has 0 spiro atoms. The average molecular weight is 332 g/mol. The smallest absolute Gasteiger partial charge is 0.142 e. The lowest BCUT2D eigenvalue weighted by molar-refractivity contribution is 0.301. The molecule has 1 rings (SSSR count). The summed E-state index contributed by atoms with van der Waals surface area (Å²) < 4.78 is 5.90. The first kappa shape index (κ1) is 18.6. The summed E-state index contributed by atoms with van der Waals surface area (Å²) in [7, 11) is 0. The molecule has 0 aliphatic rings. The Balaban J connectivity index is 2.45. The van der Waals surface area contributed by atoms with Crippen molar-refractivity contribution >= 4 is 23.2 Å². The Kier molecular flexibility index (Phi) is 9.90. The van der Waals surface area contributed by atoms with Crippen LogP contribution in [-0.4, -0.2) is 13.2 Å². The van der Waals surface area contributed by atoms with Gasteiger partial charge in [-0.1, -0.05) is 69.2 Å². The van der Waals surface area contributed by atoms with Crippen LogP contribution in [-0.2, 0) is 6.54 Å². The van der Waals surface area contributed by atoms with Gasteiger partial charge in [-0.15, -0.1) is 0 Å². The molecule has 0 unspecified atom stereocenters. The molecule has 21 heavy (non-hydrogen) atoms. The maximum absolute atomic E-state index is 6.26. The first-order valence-corrected chi connectivity index (χ1v) is 8.76. The van der Waals surface area contributed by atoms with Crippen LogP contribution in [0.25, 0.3) is 0 Å². The second-order valence-electron chi connectivity index (χ2n) is 5.27. The van der Waals surface area contributed by atoms with E-state index < -0.39 is 0 Å². The summed E-state index contributed by atoms with van der Waals surface area (Å²) in [6, 6.07) is 3.67. The molecule has 0 heterocycles. The second-order valence-corrected chi connectivity index (χ2v) is 6.12. The van der Waals surface area contributed by atoms with Gasteiger partial charge in [-0.25, -0.2) is 0 Å². The zero-order chi connectivity index (χ0) is 15.5. The summed E-state index contributed by atoms with van der Waals surface area (Å²) in [6.07, 6.45) is 7.51. The number of rotatable bonds is 11. The van der Waals surface area contributed by atoms with E-state index in [-0.39, 0.29) is 0 Å². The highest BCUT2D eigenvalue weighted by Gasteiger charge is 2.10. The summed E-state index contributed by atoms with van der Waals surface area (Å²) in [5, 5.41) is 4.54. The third-order valence-electron chi connectivity index (χ3n) is 3.40. The normalized spacial score (nSPS) is 10.9. The largest absolute Gasteiger partial charge is 0.492 e. The second kappa shape index (κ2) is 11.2. The van der Waals surface area contributed by atoms with Crippen molar-refractivity contribution in [2.75, 3.05) is 13.2 Å². The fourth-order valence-corrected chi connectivity index (χ4v) is 2.81. The maximum Gasteiger partial charge on any atom is 0.142 e. The van der Waals surface area contributed by atoms with Gasteiger partial charge in [0, 0.05) is 17.1 Å². The molecular weight excluding hydrogens is 305 g/mol. The standard InChI is InChI=1S/C17H27Cl2NO/c1-3-5-6-7-8-9-10-21-17-14(13-20-4-2)11-15(18)12-16(17)19/h11-12,20H,3-10,13H2,1-2H3. The Morgan fingerprint density at radius 3 is 2.43 bits per heavy atom. The number of benzene rings is 1. The van der Waals surface area contributed by atoms with E-state index >= 15 is 0 Å². The van der Waals surface area contributed by atoms with Crippen LogP contribution in [0, 0.1) is 0 Å². The third kappa shape index (κ3) is 7.39. The van der Waals surface area contributed by atoms with Crippen LogP contribution in [0.3, 0.4) is 0 Å². The molecule has 1 aromatic rings. The van der Waals surface area contributed by atoms with Gasteiger partial charge in [0.25, 0.3) is 0 Å². The molecule has 0 fully saturated rings. The van der Waals surface area contributed by atoms with E-state index in [1.165, 1.54) is 32.1 Å². The zero-order valence-corrected chi connectivity index (χ0v) is 14.7. The molecule has 1 aromatic carbocycles. The van der Waals surface area contributed by atoms with Gasteiger partial charge in [0.15, 0.2) is 0 Å². The van der Waals surface area contributed by atoms with Crippen LogP contribution in [0.2, 0.25) is 10.0 Å². The summed E-state index contributed by atoms with van der Waals surface area (Å²) in [5.41, 5.74) is 1.03. The fourth-order valence-electron chi connectivity index (χ4n) is 2.22. The van der Waals surface area contributed by atoms with E-state index in [1.54, 1.807) is 6.07 Å². The molecule has 0 atom stereocenters. The highest BCUT2D eigenvalue weighted by atomic mass is 35.5. The van der Waals surface area contributed by atoms with Crippen molar-refractivity contribution in [2.24, 2.45) is 0 Å². The molecule has 0 saturated carbocycles. The van der Waals surface area contributed by atoms with E-state index in [2.05, 4.69) is 19.2 Å². The predicted molar refractivity (Wildman–Crippen MR) is 92.7 cm³/mol. The molecule has 0 aromatic heterocycles. The SMILES string of the molecule is CCCCCCCCOc1c(Cl)cc(Cl)cc1CNCC. The summed E-state index contributed by atoms with van der Waals surface area (Å²) in [4.78, 5) is 0. The van der Waals surface area contributed by atoms with Gasteiger partial charge in [-0.2, -0.15) is 0 Å². The molecule has 0 saturated heterocycles. The van der Waals surface area contributed by atoms with Crippen molar-refractivity contribution in [3.05, 3.63) is 27.7 Å². The van der Waals surface area contributed by atoms with Gasteiger partial charge in [-0.05, 0) is 25.1 Å². The lowest BCUT2D eigenvalue weighted by Crippen LogP contribution is -2.13. The Hall–Kier alpha value is -0.440. The summed E-state index contributed by atoms with van der Waals surface area (Å²) in [6.45, 7) is 6.65. The van der Waals surface area contributed by atoms with Crippen LogP contribution in [0.15, 0.2) is 12.1 Å². The number of halogens is 2. The van der Waals surface area contributed by atoms with E-state index in [1.807, 2.05) is 6.07 Å². The average Bonchev–Trinajstić information content (AvgIpc) is 2.46. The van der Waals surface area contributed by atoms with Gasteiger partial charge in [-0.3, -0.25) is 0 Å². The number of unbranched alkanes of at least 4 members (excludes halogenated alkanes) is 5. The van der Waals surface area contributed by atoms with E-state index in [0.29, 0.717) is 16.7 Å².